The first-order valence-electron chi connectivity index (χ1n) is 15.8. The zero-order valence-corrected chi connectivity index (χ0v) is 28.2. The van der Waals surface area contributed by atoms with Gasteiger partial charge in [0.25, 0.3) is 0 Å². The topological polar surface area (TPSA) is 109 Å². The molecule has 50 heavy (non-hydrogen) atoms. The minimum Gasteiger partial charge on any atom is -0.475 e. The molecule has 0 saturated carbocycles. The van der Waals surface area contributed by atoms with Gasteiger partial charge >= 0.3 is 18.4 Å². The molecule has 10 nitrogen and oxygen atoms in total. The van der Waals surface area contributed by atoms with Crippen LogP contribution in [-0.4, -0.2) is 71.4 Å². The molecule has 270 valence electrons. The van der Waals surface area contributed by atoms with Crippen LogP contribution < -0.4 is 9.47 Å². The highest BCUT2D eigenvalue weighted by Gasteiger charge is 2.34. The molecule has 0 aliphatic heterocycles. The van der Waals surface area contributed by atoms with Crippen molar-refractivity contribution in [3.05, 3.63) is 71.6 Å². The van der Waals surface area contributed by atoms with Gasteiger partial charge in [-0.1, -0.05) is 6.07 Å². The van der Waals surface area contributed by atoms with Gasteiger partial charge in [0.15, 0.2) is 11.6 Å². The summed E-state index contributed by atoms with van der Waals surface area (Å²) in [6.45, 7) is 8.90. The second-order valence-corrected chi connectivity index (χ2v) is 12.5. The van der Waals surface area contributed by atoms with Gasteiger partial charge in [0.05, 0.1) is 23.8 Å². The van der Waals surface area contributed by atoms with E-state index in [-0.39, 0.29) is 44.6 Å². The number of alkyl halides is 3. The molecular weight excluding hydrogens is 669 g/mol. The van der Waals surface area contributed by atoms with Gasteiger partial charge in [0.1, 0.15) is 12.2 Å². The fraction of sp³-hybridized carbons (Fsp3) is 0.429. The van der Waals surface area contributed by atoms with E-state index in [0.29, 0.717) is 41.9 Å². The molecule has 0 radical (unpaired) electrons. The minimum atomic E-state index is -5.28. The Morgan fingerprint density at radius 2 is 1.62 bits per heavy atom. The lowest BCUT2D eigenvalue weighted by Gasteiger charge is -2.27. The molecule has 1 amide bonds. The van der Waals surface area contributed by atoms with Gasteiger partial charge in [-0.05, 0) is 83.4 Å². The molecule has 0 aliphatic rings. The van der Waals surface area contributed by atoms with Crippen LogP contribution >= 0.6 is 0 Å². The Hall–Kier alpha value is -4.79. The number of halogens is 5. The van der Waals surface area contributed by atoms with Gasteiger partial charge < -0.3 is 28.6 Å². The van der Waals surface area contributed by atoms with E-state index >= 15 is 0 Å². The highest BCUT2D eigenvalue weighted by Crippen LogP contribution is 2.32. The lowest BCUT2D eigenvalue weighted by atomic mass is 10.1. The summed E-state index contributed by atoms with van der Waals surface area (Å²) >= 11 is 0. The van der Waals surface area contributed by atoms with E-state index in [9.17, 15) is 31.5 Å². The van der Waals surface area contributed by atoms with Gasteiger partial charge in [-0.15, -0.1) is 13.2 Å². The summed E-state index contributed by atoms with van der Waals surface area (Å²) in [7, 11) is 0. The van der Waals surface area contributed by atoms with Crippen molar-refractivity contribution in [2.75, 3.05) is 26.4 Å². The minimum absolute atomic E-state index is 0.0916. The van der Waals surface area contributed by atoms with E-state index in [1.165, 1.54) is 4.90 Å². The van der Waals surface area contributed by atoms with Crippen molar-refractivity contribution in [3.8, 4) is 11.6 Å². The fourth-order valence-electron chi connectivity index (χ4n) is 4.84. The Morgan fingerprint density at radius 3 is 2.28 bits per heavy atom. The van der Waals surface area contributed by atoms with Gasteiger partial charge in [0, 0.05) is 48.2 Å². The van der Waals surface area contributed by atoms with E-state index in [2.05, 4.69) is 14.7 Å². The van der Waals surface area contributed by atoms with E-state index in [4.69, 9.17) is 18.9 Å². The van der Waals surface area contributed by atoms with Crippen LogP contribution in [0.5, 0.6) is 11.6 Å². The molecule has 2 aromatic carbocycles. The number of aromatic nitrogens is 2. The summed E-state index contributed by atoms with van der Waals surface area (Å²) in [6, 6.07) is 8.24. The smallest absolute Gasteiger partial charge is 0.475 e. The number of nitrogens with zero attached hydrogens (tertiary/aromatic N) is 3. The number of unbranched alkanes of at least 4 members (excludes halogenated alkanes) is 1. The van der Waals surface area contributed by atoms with E-state index < -0.39 is 41.4 Å². The van der Waals surface area contributed by atoms with Crippen LogP contribution in [0.2, 0.25) is 0 Å². The fourth-order valence-corrected chi connectivity index (χ4v) is 4.84. The van der Waals surface area contributed by atoms with Crippen molar-refractivity contribution in [2.45, 2.75) is 72.1 Å². The molecule has 4 aromatic rings. The first-order chi connectivity index (χ1) is 23.5. The summed E-state index contributed by atoms with van der Waals surface area (Å²) in [4.78, 5) is 35.4. The van der Waals surface area contributed by atoms with Gasteiger partial charge in [0.2, 0.25) is 11.6 Å². The lowest BCUT2D eigenvalue weighted by Crippen LogP contribution is -2.37. The van der Waals surface area contributed by atoms with Crippen LogP contribution in [0.4, 0.5) is 26.7 Å². The summed E-state index contributed by atoms with van der Waals surface area (Å²) in [6.07, 6.45) is -2.11. The number of esters is 1. The molecule has 0 aliphatic carbocycles. The Balaban J connectivity index is 1.32. The second kappa shape index (κ2) is 16.3. The maximum atomic E-state index is 14.3. The molecule has 0 fully saturated rings. The van der Waals surface area contributed by atoms with E-state index in [1.807, 2.05) is 0 Å². The number of benzene rings is 2. The van der Waals surface area contributed by atoms with Crippen LogP contribution in [-0.2, 0) is 20.8 Å². The molecule has 0 spiro atoms. The van der Waals surface area contributed by atoms with Gasteiger partial charge in [-0.2, -0.15) is 0 Å². The van der Waals surface area contributed by atoms with Crippen molar-refractivity contribution >= 4 is 33.7 Å². The maximum absolute atomic E-state index is 14.3. The Labute approximate surface area is 285 Å². The number of rotatable bonds is 14. The summed E-state index contributed by atoms with van der Waals surface area (Å²) in [5.74, 6) is -4.82. The SMILES string of the molecule is CC(C)OC(=O)c1ccc2c(c1)nc(OCCOCCCCN(Cc1cc(F)c(OC(F)(F)F)c(F)c1)C(=O)OC(C)(C)C)c1ccncc12. The number of pyridine rings is 2. The predicted octanol–water partition coefficient (Wildman–Crippen LogP) is 8.14. The van der Waals surface area contributed by atoms with Crippen molar-refractivity contribution in [3.63, 3.8) is 0 Å². The number of hydrogen-bond donors (Lipinski definition) is 0. The molecule has 0 N–H and O–H groups in total. The van der Waals surface area contributed by atoms with Crippen LogP contribution in [0.25, 0.3) is 21.7 Å². The number of carbonyl (C=O) groups excluding carboxylic acids is 2. The van der Waals surface area contributed by atoms with E-state index in [0.717, 1.165) is 16.2 Å². The molecule has 2 aromatic heterocycles. The van der Waals surface area contributed by atoms with Crippen LogP contribution in [0.1, 0.15) is 63.4 Å². The molecule has 0 bridgehead atoms. The highest BCUT2D eigenvalue weighted by molar-refractivity contribution is 6.08. The van der Waals surface area contributed by atoms with Crippen LogP contribution in [0.15, 0.2) is 48.8 Å². The number of ether oxygens (including phenoxy) is 5. The second-order valence-electron chi connectivity index (χ2n) is 12.5. The summed E-state index contributed by atoms with van der Waals surface area (Å²) in [5.41, 5.74) is -0.0752. The first-order valence-corrected chi connectivity index (χ1v) is 15.8. The third-order valence-corrected chi connectivity index (χ3v) is 6.87. The zero-order chi connectivity index (χ0) is 36.6. The maximum Gasteiger partial charge on any atom is 0.573 e. The van der Waals surface area contributed by atoms with Crippen molar-refractivity contribution in [2.24, 2.45) is 0 Å². The quantitative estimate of drug-likeness (QED) is 0.0555. The average molecular weight is 708 g/mol. The Kier molecular flexibility index (Phi) is 12.4. The molecule has 0 atom stereocenters. The average Bonchev–Trinajstić information content (AvgIpc) is 3.01. The van der Waals surface area contributed by atoms with Crippen molar-refractivity contribution in [1.29, 1.82) is 0 Å². The highest BCUT2D eigenvalue weighted by atomic mass is 19.4. The van der Waals surface area contributed by atoms with Crippen LogP contribution in [0.3, 0.4) is 0 Å². The van der Waals surface area contributed by atoms with Gasteiger partial charge in [-0.3, -0.25) is 4.98 Å². The lowest BCUT2D eigenvalue weighted by molar-refractivity contribution is -0.276. The number of amides is 1. The molecule has 4 rings (SSSR count). The molecule has 0 saturated heterocycles. The Bertz CT molecular complexity index is 1790. The van der Waals surface area contributed by atoms with Crippen molar-refractivity contribution < 1.29 is 55.2 Å². The predicted molar refractivity (Wildman–Crippen MR) is 173 cm³/mol. The molecule has 2 heterocycles. The third-order valence-electron chi connectivity index (χ3n) is 6.87. The summed E-state index contributed by atoms with van der Waals surface area (Å²) < 4.78 is 92.0. The van der Waals surface area contributed by atoms with Crippen molar-refractivity contribution in [1.82, 2.24) is 14.9 Å². The summed E-state index contributed by atoms with van der Waals surface area (Å²) in [5, 5.41) is 2.32. The number of hydrogen-bond acceptors (Lipinski definition) is 9. The van der Waals surface area contributed by atoms with Gasteiger partial charge in [-0.25, -0.2) is 23.4 Å². The molecule has 0 unspecified atom stereocenters. The normalized spacial score (nSPS) is 12.0. The third kappa shape index (κ3) is 10.9. The zero-order valence-electron chi connectivity index (χ0n) is 28.2. The van der Waals surface area contributed by atoms with Crippen LogP contribution in [0, 0.1) is 11.6 Å². The first kappa shape index (κ1) is 38.0. The monoisotopic (exact) mass is 707 g/mol. The standard InChI is InChI=1S/C35H38F5N3O7/c1-21(2)48-32(44)23-8-9-24-26-19-41-11-10-25(26)31(42-29(24)18-23)47-15-14-46-13-7-6-12-43(33(45)50-34(3,4)5)20-22-16-27(36)30(28(37)17-22)49-35(38,39)40/h8-11,16-19,21H,6-7,12-15,20H2,1-5H3. The Morgan fingerprint density at radius 1 is 0.900 bits per heavy atom. The molecule has 15 heteroatoms. The number of fused-ring (bicyclic) bond motifs is 3. The van der Waals surface area contributed by atoms with E-state index in [1.54, 1.807) is 71.3 Å². The number of carbonyl (C=O) groups is 2. The molecular formula is C35H38F5N3O7. The largest absolute Gasteiger partial charge is 0.573 e.